The third-order valence-electron chi connectivity index (χ3n) is 2.92. The number of para-hydroxylation sites is 1. The summed E-state index contributed by atoms with van der Waals surface area (Å²) in [6.45, 7) is 0. The molecule has 74 valence electrons. The number of benzene rings is 2. The standard InChI is InChI=1S/C13H11NO/c1-14-10-6-3-2-5-9(10)13-11(14)7-4-8-12(13)15/h2-8,15H,1H3. The van der Waals surface area contributed by atoms with Crippen LogP contribution < -0.4 is 0 Å². The minimum absolute atomic E-state index is 0.351. The summed E-state index contributed by atoms with van der Waals surface area (Å²) in [6.07, 6.45) is 0. The Labute approximate surface area is 87.4 Å². The Morgan fingerprint density at radius 1 is 0.933 bits per heavy atom. The zero-order valence-electron chi connectivity index (χ0n) is 8.44. The van der Waals surface area contributed by atoms with E-state index in [0.717, 1.165) is 21.8 Å². The largest absolute Gasteiger partial charge is 0.507 e. The fourth-order valence-corrected chi connectivity index (χ4v) is 2.19. The van der Waals surface area contributed by atoms with E-state index in [-0.39, 0.29) is 0 Å². The molecule has 2 aromatic carbocycles. The van der Waals surface area contributed by atoms with Crippen molar-refractivity contribution in [2.24, 2.45) is 7.05 Å². The van der Waals surface area contributed by atoms with Crippen molar-refractivity contribution in [2.45, 2.75) is 0 Å². The highest BCUT2D eigenvalue weighted by molar-refractivity contribution is 6.10. The maximum Gasteiger partial charge on any atom is 0.125 e. The first-order valence-corrected chi connectivity index (χ1v) is 4.94. The van der Waals surface area contributed by atoms with Gasteiger partial charge in [-0.25, -0.2) is 0 Å². The van der Waals surface area contributed by atoms with E-state index in [1.807, 2.05) is 37.4 Å². The van der Waals surface area contributed by atoms with Gasteiger partial charge in [0.2, 0.25) is 0 Å². The van der Waals surface area contributed by atoms with Gasteiger partial charge >= 0.3 is 0 Å². The predicted molar refractivity (Wildman–Crippen MR) is 62.1 cm³/mol. The van der Waals surface area contributed by atoms with Crippen LogP contribution in [0.3, 0.4) is 0 Å². The van der Waals surface area contributed by atoms with Crippen LogP contribution in [0, 0.1) is 0 Å². The van der Waals surface area contributed by atoms with Gasteiger partial charge in [0.25, 0.3) is 0 Å². The molecule has 2 nitrogen and oxygen atoms in total. The van der Waals surface area contributed by atoms with Crippen molar-refractivity contribution in [2.75, 3.05) is 0 Å². The van der Waals surface area contributed by atoms with Crippen molar-refractivity contribution in [3.63, 3.8) is 0 Å². The third-order valence-corrected chi connectivity index (χ3v) is 2.92. The molecule has 0 fully saturated rings. The average Bonchev–Trinajstić information content (AvgIpc) is 2.55. The van der Waals surface area contributed by atoms with Crippen LogP contribution in [0.5, 0.6) is 5.75 Å². The summed E-state index contributed by atoms with van der Waals surface area (Å²) < 4.78 is 2.10. The molecule has 0 unspecified atom stereocenters. The Balaban J connectivity index is 2.70. The Bertz CT molecular complexity index is 652. The van der Waals surface area contributed by atoms with Crippen LogP contribution in [0.25, 0.3) is 21.8 Å². The molecule has 3 aromatic rings. The molecule has 0 spiro atoms. The van der Waals surface area contributed by atoms with Gasteiger partial charge in [0, 0.05) is 23.3 Å². The van der Waals surface area contributed by atoms with Gasteiger partial charge in [0.1, 0.15) is 5.75 Å². The van der Waals surface area contributed by atoms with E-state index < -0.39 is 0 Å². The van der Waals surface area contributed by atoms with E-state index in [1.54, 1.807) is 6.07 Å². The summed E-state index contributed by atoms with van der Waals surface area (Å²) in [6, 6.07) is 13.7. The molecule has 1 aromatic heterocycles. The van der Waals surface area contributed by atoms with Gasteiger partial charge in [0.05, 0.1) is 5.52 Å². The fourth-order valence-electron chi connectivity index (χ4n) is 2.19. The van der Waals surface area contributed by atoms with Crippen molar-refractivity contribution in [1.82, 2.24) is 4.57 Å². The number of rotatable bonds is 0. The van der Waals surface area contributed by atoms with Crippen molar-refractivity contribution >= 4 is 21.8 Å². The van der Waals surface area contributed by atoms with Crippen LogP contribution in [-0.2, 0) is 7.05 Å². The molecule has 15 heavy (non-hydrogen) atoms. The topological polar surface area (TPSA) is 25.2 Å². The zero-order chi connectivity index (χ0) is 10.4. The van der Waals surface area contributed by atoms with Crippen LogP contribution in [0.2, 0.25) is 0 Å². The molecule has 1 heterocycles. The van der Waals surface area contributed by atoms with E-state index in [9.17, 15) is 5.11 Å². The second-order valence-electron chi connectivity index (χ2n) is 3.75. The van der Waals surface area contributed by atoms with Gasteiger partial charge in [0.15, 0.2) is 0 Å². The molecule has 2 heteroatoms. The van der Waals surface area contributed by atoms with Gasteiger partial charge in [-0.3, -0.25) is 0 Å². The van der Waals surface area contributed by atoms with Crippen LogP contribution in [-0.4, -0.2) is 9.67 Å². The highest BCUT2D eigenvalue weighted by Gasteiger charge is 2.09. The number of nitrogens with zero attached hydrogens (tertiary/aromatic N) is 1. The summed E-state index contributed by atoms with van der Waals surface area (Å²) in [5.74, 6) is 0.351. The SMILES string of the molecule is Cn1c2ccccc2c2c(O)cccc21. The first-order valence-electron chi connectivity index (χ1n) is 4.94. The van der Waals surface area contributed by atoms with E-state index in [1.165, 1.54) is 0 Å². The molecule has 1 N–H and O–H groups in total. The van der Waals surface area contributed by atoms with Crippen molar-refractivity contribution in [3.8, 4) is 5.75 Å². The van der Waals surface area contributed by atoms with Crippen LogP contribution >= 0.6 is 0 Å². The number of hydrogen-bond donors (Lipinski definition) is 1. The normalized spacial score (nSPS) is 11.3. The van der Waals surface area contributed by atoms with E-state index in [4.69, 9.17) is 0 Å². The predicted octanol–water partition coefficient (Wildman–Crippen LogP) is 3.04. The number of fused-ring (bicyclic) bond motifs is 3. The number of aromatic hydroxyl groups is 1. The third kappa shape index (κ3) is 0.988. The van der Waals surface area contributed by atoms with E-state index in [2.05, 4.69) is 10.6 Å². The van der Waals surface area contributed by atoms with Crippen molar-refractivity contribution < 1.29 is 5.11 Å². The summed E-state index contributed by atoms with van der Waals surface area (Å²) >= 11 is 0. The van der Waals surface area contributed by atoms with Gasteiger partial charge < -0.3 is 9.67 Å². The highest BCUT2D eigenvalue weighted by Crippen LogP contribution is 2.33. The Morgan fingerprint density at radius 3 is 2.53 bits per heavy atom. The first kappa shape index (κ1) is 8.36. The molecule has 0 saturated heterocycles. The Kier molecular flexibility index (Phi) is 1.54. The summed E-state index contributed by atoms with van der Waals surface area (Å²) in [5.41, 5.74) is 2.21. The molecular weight excluding hydrogens is 186 g/mol. The lowest BCUT2D eigenvalue weighted by atomic mass is 10.1. The molecular formula is C13H11NO. The molecule has 0 saturated carbocycles. The second-order valence-corrected chi connectivity index (χ2v) is 3.75. The molecule has 0 bridgehead atoms. The molecule has 0 aliphatic carbocycles. The Hall–Kier alpha value is -1.96. The minimum atomic E-state index is 0.351. The van der Waals surface area contributed by atoms with Gasteiger partial charge in [-0.1, -0.05) is 24.3 Å². The minimum Gasteiger partial charge on any atom is -0.507 e. The van der Waals surface area contributed by atoms with E-state index in [0.29, 0.717) is 5.75 Å². The average molecular weight is 197 g/mol. The number of aromatic nitrogens is 1. The van der Waals surface area contributed by atoms with Crippen LogP contribution in [0.15, 0.2) is 42.5 Å². The van der Waals surface area contributed by atoms with Crippen LogP contribution in [0.4, 0.5) is 0 Å². The maximum atomic E-state index is 9.87. The molecule has 0 radical (unpaired) electrons. The molecule has 0 aliphatic heterocycles. The number of phenolic OH excluding ortho intramolecular Hbond substituents is 1. The molecule has 0 amide bonds. The number of aryl methyl sites for hydroxylation is 1. The molecule has 0 aliphatic rings. The van der Waals surface area contributed by atoms with Gasteiger partial charge in [-0.15, -0.1) is 0 Å². The maximum absolute atomic E-state index is 9.87. The summed E-state index contributed by atoms with van der Waals surface area (Å²) in [7, 11) is 2.02. The fraction of sp³-hybridized carbons (Fsp3) is 0.0769. The summed E-state index contributed by atoms with van der Waals surface area (Å²) in [5, 5.41) is 11.9. The lowest BCUT2D eigenvalue weighted by Crippen LogP contribution is -1.85. The quantitative estimate of drug-likeness (QED) is 0.588. The summed E-state index contributed by atoms with van der Waals surface area (Å²) in [4.78, 5) is 0. The number of phenols is 1. The molecule has 0 atom stereocenters. The lowest BCUT2D eigenvalue weighted by molar-refractivity contribution is 0.482. The van der Waals surface area contributed by atoms with Crippen LogP contribution in [0.1, 0.15) is 0 Å². The zero-order valence-corrected chi connectivity index (χ0v) is 8.44. The van der Waals surface area contributed by atoms with Gasteiger partial charge in [-0.05, 0) is 18.2 Å². The van der Waals surface area contributed by atoms with Gasteiger partial charge in [-0.2, -0.15) is 0 Å². The number of hydrogen-bond acceptors (Lipinski definition) is 1. The smallest absolute Gasteiger partial charge is 0.125 e. The van der Waals surface area contributed by atoms with E-state index >= 15 is 0 Å². The highest BCUT2D eigenvalue weighted by atomic mass is 16.3. The van der Waals surface area contributed by atoms with Crippen molar-refractivity contribution in [3.05, 3.63) is 42.5 Å². The second kappa shape index (κ2) is 2.76. The monoisotopic (exact) mass is 197 g/mol. The Morgan fingerprint density at radius 2 is 1.67 bits per heavy atom. The lowest BCUT2D eigenvalue weighted by Gasteiger charge is -1.97. The first-order chi connectivity index (χ1) is 7.29. The van der Waals surface area contributed by atoms with Crippen molar-refractivity contribution in [1.29, 1.82) is 0 Å². The molecule has 3 rings (SSSR count).